The third-order valence-electron chi connectivity index (χ3n) is 2.30. The van der Waals surface area contributed by atoms with Crippen LogP contribution >= 0.6 is 0 Å². The fourth-order valence-corrected chi connectivity index (χ4v) is 1.23. The van der Waals surface area contributed by atoms with Gasteiger partial charge in [-0.3, -0.25) is 0 Å². The molecule has 0 spiro atoms. The summed E-state index contributed by atoms with van der Waals surface area (Å²) in [6.45, 7) is 6.56. The SMILES string of the molecule is CC=CCCOC1(CC)COC1. The molecule has 0 N–H and O–H groups in total. The quantitative estimate of drug-likeness (QED) is 0.465. The van der Waals surface area contributed by atoms with Crippen molar-refractivity contribution < 1.29 is 9.47 Å². The summed E-state index contributed by atoms with van der Waals surface area (Å²) in [6, 6.07) is 0. The van der Waals surface area contributed by atoms with E-state index < -0.39 is 0 Å². The van der Waals surface area contributed by atoms with Crippen LogP contribution in [0.15, 0.2) is 12.2 Å². The van der Waals surface area contributed by atoms with E-state index in [0.717, 1.165) is 32.7 Å². The Morgan fingerprint density at radius 3 is 2.67 bits per heavy atom. The van der Waals surface area contributed by atoms with E-state index in [0.29, 0.717) is 0 Å². The predicted molar refractivity (Wildman–Crippen MR) is 49.2 cm³/mol. The number of rotatable bonds is 5. The van der Waals surface area contributed by atoms with E-state index in [2.05, 4.69) is 19.1 Å². The summed E-state index contributed by atoms with van der Waals surface area (Å²) in [5.74, 6) is 0. The van der Waals surface area contributed by atoms with Crippen molar-refractivity contribution >= 4 is 0 Å². The third-order valence-corrected chi connectivity index (χ3v) is 2.30. The molecule has 0 atom stereocenters. The van der Waals surface area contributed by atoms with Crippen molar-refractivity contribution in [3.05, 3.63) is 12.2 Å². The molecule has 0 aromatic heterocycles. The van der Waals surface area contributed by atoms with Gasteiger partial charge in [-0.2, -0.15) is 0 Å². The van der Waals surface area contributed by atoms with Crippen LogP contribution in [0.4, 0.5) is 0 Å². The first-order chi connectivity index (χ1) is 5.83. The van der Waals surface area contributed by atoms with Gasteiger partial charge in [0.2, 0.25) is 0 Å². The molecule has 0 radical (unpaired) electrons. The minimum absolute atomic E-state index is 0.0571. The maximum atomic E-state index is 5.74. The van der Waals surface area contributed by atoms with Gasteiger partial charge in [-0.1, -0.05) is 19.1 Å². The predicted octanol–water partition coefficient (Wildman–Crippen LogP) is 2.15. The Hall–Kier alpha value is -0.340. The highest BCUT2D eigenvalue weighted by atomic mass is 16.6. The standard InChI is InChI=1S/C10H18O2/c1-3-5-6-7-12-10(4-2)8-11-9-10/h3,5H,4,6-9H2,1-2H3. The van der Waals surface area contributed by atoms with Crippen molar-refractivity contribution in [1.29, 1.82) is 0 Å². The molecule has 0 aromatic carbocycles. The van der Waals surface area contributed by atoms with E-state index in [1.54, 1.807) is 0 Å². The zero-order valence-corrected chi connectivity index (χ0v) is 8.01. The van der Waals surface area contributed by atoms with Crippen LogP contribution in [0.25, 0.3) is 0 Å². The second-order valence-corrected chi connectivity index (χ2v) is 3.24. The van der Waals surface area contributed by atoms with Crippen molar-refractivity contribution in [3.63, 3.8) is 0 Å². The molecular formula is C10H18O2. The normalized spacial score (nSPS) is 21.2. The van der Waals surface area contributed by atoms with Gasteiger partial charge in [0.15, 0.2) is 0 Å². The zero-order chi connectivity index (χ0) is 8.86. The molecule has 0 unspecified atom stereocenters. The summed E-state index contributed by atoms with van der Waals surface area (Å²) in [5.41, 5.74) is 0.0571. The van der Waals surface area contributed by atoms with Gasteiger partial charge in [-0.05, 0) is 19.8 Å². The minimum Gasteiger partial charge on any atom is -0.375 e. The Morgan fingerprint density at radius 1 is 1.50 bits per heavy atom. The van der Waals surface area contributed by atoms with E-state index in [-0.39, 0.29) is 5.60 Å². The van der Waals surface area contributed by atoms with Crippen LogP contribution in [0.5, 0.6) is 0 Å². The topological polar surface area (TPSA) is 18.5 Å². The summed E-state index contributed by atoms with van der Waals surface area (Å²) in [5, 5.41) is 0. The van der Waals surface area contributed by atoms with Crippen molar-refractivity contribution in [2.45, 2.75) is 32.3 Å². The lowest BCUT2D eigenvalue weighted by molar-refractivity contribution is -0.209. The number of hydrogen-bond acceptors (Lipinski definition) is 2. The molecule has 1 aliphatic rings. The Labute approximate surface area is 74.6 Å². The molecule has 1 rings (SSSR count). The summed E-state index contributed by atoms with van der Waals surface area (Å²) in [7, 11) is 0. The molecule has 1 fully saturated rings. The maximum Gasteiger partial charge on any atom is 0.114 e. The van der Waals surface area contributed by atoms with Gasteiger partial charge >= 0.3 is 0 Å². The molecule has 1 saturated heterocycles. The molecule has 0 saturated carbocycles. The van der Waals surface area contributed by atoms with Crippen LogP contribution in [0.2, 0.25) is 0 Å². The first-order valence-corrected chi connectivity index (χ1v) is 4.66. The van der Waals surface area contributed by atoms with Gasteiger partial charge in [-0.15, -0.1) is 0 Å². The Morgan fingerprint density at radius 2 is 2.25 bits per heavy atom. The highest BCUT2D eigenvalue weighted by molar-refractivity contribution is 4.86. The summed E-state index contributed by atoms with van der Waals surface area (Å²) >= 11 is 0. The van der Waals surface area contributed by atoms with Crippen molar-refractivity contribution in [2.24, 2.45) is 0 Å². The van der Waals surface area contributed by atoms with Gasteiger partial charge < -0.3 is 9.47 Å². The average molecular weight is 170 g/mol. The average Bonchev–Trinajstić information content (AvgIpc) is 2.02. The first kappa shape index (κ1) is 9.75. The van der Waals surface area contributed by atoms with E-state index in [9.17, 15) is 0 Å². The smallest absolute Gasteiger partial charge is 0.114 e. The van der Waals surface area contributed by atoms with Crippen molar-refractivity contribution in [2.75, 3.05) is 19.8 Å². The van der Waals surface area contributed by atoms with Crippen LogP contribution in [0.3, 0.4) is 0 Å². The van der Waals surface area contributed by atoms with Crippen molar-refractivity contribution in [3.8, 4) is 0 Å². The van der Waals surface area contributed by atoms with Gasteiger partial charge in [0.1, 0.15) is 5.60 Å². The molecule has 1 heterocycles. The maximum absolute atomic E-state index is 5.74. The Bertz CT molecular complexity index is 142. The second-order valence-electron chi connectivity index (χ2n) is 3.24. The van der Waals surface area contributed by atoms with Crippen LogP contribution in [-0.4, -0.2) is 25.4 Å². The number of ether oxygens (including phenoxy) is 2. The van der Waals surface area contributed by atoms with E-state index in [1.807, 2.05) is 6.92 Å². The minimum atomic E-state index is 0.0571. The molecule has 0 aromatic rings. The van der Waals surface area contributed by atoms with Crippen LogP contribution in [0.1, 0.15) is 26.7 Å². The summed E-state index contributed by atoms with van der Waals surface area (Å²) < 4.78 is 10.9. The van der Waals surface area contributed by atoms with Crippen LogP contribution in [0, 0.1) is 0 Å². The van der Waals surface area contributed by atoms with Crippen LogP contribution in [-0.2, 0) is 9.47 Å². The first-order valence-electron chi connectivity index (χ1n) is 4.66. The molecule has 2 heteroatoms. The fraction of sp³-hybridized carbons (Fsp3) is 0.800. The lowest BCUT2D eigenvalue weighted by Gasteiger charge is -2.40. The van der Waals surface area contributed by atoms with Gasteiger partial charge in [0.05, 0.1) is 19.8 Å². The summed E-state index contributed by atoms with van der Waals surface area (Å²) in [4.78, 5) is 0. The molecule has 2 nitrogen and oxygen atoms in total. The fourth-order valence-electron chi connectivity index (χ4n) is 1.23. The van der Waals surface area contributed by atoms with Crippen LogP contribution < -0.4 is 0 Å². The lowest BCUT2D eigenvalue weighted by Crippen LogP contribution is -2.51. The molecule has 0 aliphatic carbocycles. The summed E-state index contributed by atoms with van der Waals surface area (Å²) in [6.07, 6.45) is 6.25. The highest BCUT2D eigenvalue weighted by Gasteiger charge is 2.37. The van der Waals surface area contributed by atoms with Gasteiger partial charge in [0, 0.05) is 0 Å². The monoisotopic (exact) mass is 170 g/mol. The molecule has 1 aliphatic heterocycles. The molecule has 0 amide bonds. The largest absolute Gasteiger partial charge is 0.375 e. The highest BCUT2D eigenvalue weighted by Crippen LogP contribution is 2.25. The zero-order valence-electron chi connectivity index (χ0n) is 8.01. The van der Waals surface area contributed by atoms with E-state index >= 15 is 0 Å². The third kappa shape index (κ3) is 2.32. The number of allylic oxidation sites excluding steroid dienone is 1. The molecule has 12 heavy (non-hydrogen) atoms. The van der Waals surface area contributed by atoms with Gasteiger partial charge in [-0.25, -0.2) is 0 Å². The lowest BCUT2D eigenvalue weighted by atomic mass is 9.99. The molecule has 70 valence electrons. The molecule has 0 bridgehead atoms. The van der Waals surface area contributed by atoms with E-state index in [4.69, 9.17) is 9.47 Å². The van der Waals surface area contributed by atoms with E-state index in [1.165, 1.54) is 0 Å². The Balaban J connectivity index is 2.12. The second kappa shape index (κ2) is 4.63. The van der Waals surface area contributed by atoms with Gasteiger partial charge in [0.25, 0.3) is 0 Å². The molecular weight excluding hydrogens is 152 g/mol. The Kier molecular flexibility index (Phi) is 3.76. The van der Waals surface area contributed by atoms with Crippen molar-refractivity contribution in [1.82, 2.24) is 0 Å². The number of hydrogen-bond donors (Lipinski definition) is 0.